The van der Waals surface area contributed by atoms with Gasteiger partial charge in [0, 0.05) is 13.1 Å². The number of hydrogen-bond donors (Lipinski definition) is 1. The van der Waals surface area contributed by atoms with Gasteiger partial charge in [0.15, 0.2) is 0 Å². The molecule has 1 fully saturated rings. The highest BCUT2D eigenvalue weighted by Gasteiger charge is 2.30. The topological polar surface area (TPSA) is 38.3 Å². The molecule has 0 spiro atoms. The van der Waals surface area contributed by atoms with Crippen molar-refractivity contribution in [3.05, 3.63) is 35.4 Å². The van der Waals surface area contributed by atoms with Crippen molar-refractivity contribution in [2.24, 2.45) is 5.92 Å². The summed E-state index contributed by atoms with van der Waals surface area (Å²) in [4.78, 5) is 11.2. The van der Waals surface area contributed by atoms with Crippen LogP contribution >= 0.6 is 0 Å². The van der Waals surface area contributed by atoms with E-state index >= 15 is 0 Å². The zero-order valence-electron chi connectivity index (χ0n) is 10.2. The molecule has 3 nitrogen and oxygen atoms in total. The van der Waals surface area contributed by atoms with Crippen molar-refractivity contribution in [2.75, 3.05) is 13.2 Å². The summed E-state index contributed by atoms with van der Waals surface area (Å²) in [7, 11) is 0. The van der Waals surface area contributed by atoms with E-state index in [4.69, 9.17) is 4.74 Å². The van der Waals surface area contributed by atoms with Crippen LogP contribution in [0.4, 0.5) is 0 Å². The maximum Gasteiger partial charge on any atom is 0.308 e. The minimum Gasteiger partial charge on any atom is -0.464 e. The first-order valence-corrected chi connectivity index (χ1v) is 6.19. The third-order valence-corrected chi connectivity index (χ3v) is 3.01. The van der Waals surface area contributed by atoms with Crippen LogP contribution in [0.1, 0.15) is 24.0 Å². The van der Waals surface area contributed by atoms with Crippen LogP contribution in [-0.4, -0.2) is 19.1 Å². The Hall–Kier alpha value is -1.35. The SMILES string of the molecule is Cc1ccccc1CNCCOC(=O)C1CC1. The van der Waals surface area contributed by atoms with Crippen LogP contribution in [0.2, 0.25) is 0 Å². The third kappa shape index (κ3) is 3.86. The average molecular weight is 233 g/mol. The molecular weight excluding hydrogens is 214 g/mol. The molecule has 1 aliphatic rings. The van der Waals surface area contributed by atoms with Crippen molar-refractivity contribution >= 4 is 5.97 Å². The summed E-state index contributed by atoms with van der Waals surface area (Å²) in [6, 6.07) is 8.29. The summed E-state index contributed by atoms with van der Waals surface area (Å²) in [5.41, 5.74) is 2.58. The summed E-state index contributed by atoms with van der Waals surface area (Å²) >= 11 is 0. The number of esters is 1. The molecule has 0 atom stereocenters. The van der Waals surface area contributed by atoms with Crippen molar-refractivity contribution < 1.29 is 9.53 Å². The van der Waals surface area contributed by atoms with E-state index in [0.29, 0.717) is 13.2 Å². The molecule has 1 aromatic rings. The van der Waals surface area contributed by atoms with Crippen molar-refractivity contribution in [3.8, 4) is 0 Å². The Morgan fingerprint density at radius 3 is 2.88 bits per heavy atom. The van der Waals surface area contributed by atoms with Gasteiger partial charge in [-0.3, -0.25) is 4.79 Å². The van der Waals surface area contributed by atoms with Gasteiger partial charge in [-0.25, -0.2) is 0 Å². The average Bonchev–Trinajstić information content (AvgIpc) is 3.14. The van der Waals surface area contributed by atoms with Gasteiger partial charge in [-0.2, -0.15) is 0 Å². The van der Waals surface area contributed by atoms with Crippen LogP contribution in [0.15, 0.2) is 24.3 Å². The largest absolute Gasteiger partial charge is 0.464 e. The number of aryl methyl sites for hydroxylation is 1. The van der Waals surface area contributed by atoms with Crippen LogP contribution in [-0.2, 0) is 16.1 Å². The van der Waals surface area contributed by atoms with Crippen molar-refractivity contribution in [1.82, 2.24) is 5.32 Å². The van der Waals surface area contributed by atoms with E-state index in [9.17, 15) is 4.79 Å². The first kappa shape index (κ1) is 12.1. The van der Waals surface area contributed by atoms with Crippen molar-refractivity contribution in [3.63, 3.8) is 0 Å². The van der Waals surface area contributed by atoms with Gasteiger partial charge in [0.2, 0.25) is 0 Å². The Bertz CT molecular complexity index is 386. The Balaban J connectivity index is 1.59. The minimum atomic E-state index is -0.0253. The van der Waals surface area contributed by atoms with Crippen molar-refractivity contribution in [2.45, 2.75) is 26.3 Å². The lowest BCUT2D eigenvalue weighted by Gasteiger charge is -2.08. The summed E-state index contributed by atoms with van der Waals surface area (Å²) in [6.07, 6.45) is 2.02. The number of rotatable bonds is 6. The first-order valence-electron chi connectivity index (χ1n) is 6.19. The van der Waals surface area contributed by atoms with E-state index < -0.39 is 0 Å². The van der Waals surface area contributed by atoms with Gasteiger partial charge in [0.25, 0.3) is 0 Å². The van der Waals surface area contributed by atoms with Gasteiger partial charge < -0.3 is 10.1 Å². The fourth-order valence-corrected chi connectivity index (χ4v) is 1.69. The predicted molar refractivity (Wildman–Crippen MR) is 66.6 cm³/mol. The Labute approximate surface area is 102 Å². The summed E-state index contributed by atoms with van der Waals surface area (Å²) in [5.74, 6) is 0.175. The standard InChI is InChI=1S/C14H19NO2/c1-11-4-2-3-5-13(11)10-15-8-9-17-14(16)12-6-7-12/h2-5,12,15H,6-10H2,1H3. The van der Waals surface area contributed by atoms with E-state index in [0.717, 1.165) is 19.4 Å². The quantitative estimate of drug-likeness (QED) is 0.603. The van der Waals surface area contributed by atoms with Crippen molar-refractivity contribution in [1.29, 1.82) is 0 Å². The lowest BCUT2D eigenvalue weighted by Crippen LogP contribution is -2.21. The van der Waals surface area contributed by atoms with E-state index in [2.05, 4.69) is 24.4 Å². The molecule has 0 unspecified atom stereocenters. The number of ether oxygens (including phenoxy) is 1. The molecule has 2 rings (SSSR count). The fourth-order valence-electron chi connectivity index (χ4n) is 1.69. The van der Waals surface area contributed by atoms with E-state index in [-0.39, 0.29) is 11.9 Å². The van der Waals surface area contributed by atoms with Gasteiger partial charge in [-0.05, 0) is 30.9 Å². The van der Waals surface area contributed by atoms with E-state index in [1.165, 1.54) is 11.1 Å². The molecule has 17 heavy (non-hydrogen) atoms. The Kier molecular flexibility index (Phi) is 4.15. The predicted octanol–water partition coefficient (Wildman–Crippen LogP) is 2.04. The molecule has 0 aliphatic heterocycles. The second kappa shape index (κ2) is 5.82. The Morgan fingerprint density at radius 1 is 1.41 bits per heavy atom. The maximum atomic E-state index is 11.2. The zero-order chi connectivity index (χ0) is 12.1. The summed E-state index contributed by atoms with van der Waals surface area (Å²) < 4.78 is 5.13. The molecule has 0 bridgehead atoms. The van der Waals surface area contributed by atoms with Gasteiger partial charge in [0.1, 0.15) is 6.61 Å². The number of hydrogen-bond acceptors (Lipinski definition) is 3. The number of benzene rings is 1. The highest BCUT2D eigenvalue weighted by atomic mass is 16.5. The second-order valence-corrected chi connectivity index (χ2v) is 4.55. The molecule has 3 heteroatoms. The summed E-state index contributed by atoms with van der Waals surface area (Å²) in [5, 5.41) is 3.28. The molecule has 0 amide bonds. The van der Waals surface area contributed by atoms with Crippen LogP contribution < -0.4 is 5.32 Å². The first-order chi connectivity index (χ1) is 8.27. The number of carbonyl (C=O) groups is 1. The molecular formula is C14H19NO2. The molecule has 92 valence electrons. The molecule has 0 aromatic heterocycles. The highest BCUT2D eigenvalue weighted by molar-refractivity contribution is 5.74. The second-order valence-electron chi connectivity index (χ2n) is 4.55. The van der Waals surface area contributed by atoms with Gasteiger partial charge in [-0.1, -0.05) is 24.3 Å². The zero-order valence-corrected chi connectivity index (χ0v) is 10.2. The van der Waals surface area contributed by atoms with E-state index in [1.807, 2.05) is 12.1 Å². The van der Waals surface area contributed by atoms with Gasteiger partial charge in [-0.15, -0.1) is 0 Å². The molecule has 1 aromatic carbocycles. The minimum absolute atomic E-state index is 0.0253. The van der Waals surface area contributed by atoms with Crippen LogP contribution in [0, 0.1) is 12.8 Å². The highest BCUT2D eigenvalue weighted by Crippen LogP contribution is 2.29. The lowest BCUT2D eigenvalue weighted by atomic mass is 10.1. The smallest absolute Gasteiger partial charge is 0.308 e. The monoisotopic (exact) mass is 233 g/mol. The van der Waals surface area contributed by atoms with Gasteiger partial charge in [0.05, 0.1) is 5.92 Å². The number of carbonyl (C=O) groups excluding carboxylic acids is 1. The number of nitrogens with one attached hydrogen (secondary N) is 1. The van der Waals surface area contributed by atoms with Crippen LogP contribution in [0.5, 0.6) is 0 Å². The van der Waals surface area contributed by atoms with Crippen LogP contribution in [0.25, 0.3) is 0 Å². The molecule has 0 radical (unpaired) electrons. The summed E-state index contributed by atoms with van der Waals surface area (Å²) in [6.45, 7) is 4.12. The maximum absolute atomic E-state index is 11.2. The van der Waals surface area contributed by atoms with E-state index in [1.54, 1.807) is 0 Å². The normalized spacial score (nSPS) is 14.6. The fraction of sp³-hybridized carbons (Fsp3) is 0.500. The molecule has 1 saturated carbocycles. The Morgan fingerprint density at radius 2 is 2.18 bits per heavy atom. The molecule has 0 saturated heterocycles. The lowest BCUT2D eigenvalue weighted by molar-refractivity contribution is -0.145. The molecule has 0 heterocycles. The molecule has 1 aliphatic carbocycles. The van der Waals surface area contributed by atoms with Crippen LogP contribution in [0.3, 0.4) is 0 Å². The third-order valence-electron chi connectivity index (χ3n) is 3.01. The van der Waals surface area contributed by atoms with Gasteiger partial charge >= 0.3 is 5.97 Å². The molecule has 1 N–H and O–H groups in total.